The molecule has 2 aromatic carbocycles. The first kappa shape index (κ1) is 25.5. The number of nitrogens with zero attached hydrogens (tertiary/aromatic N) is 1. The summed E-state index contributed by atoms with van der Waals surface area (Å²) in [5.74, 6) is -2.66. The Morgan fingerprint density at radius 3 is 2.53 bits per heavy atom. The standard InChI is InChI=1S/C24H24Cl2N2O6/c1-2-3-10-33-23(31)15-4-7-18(8-5-15)27-21(29)14-34-24(32)16-11-22(30)28(13-16)20-12-17(25)6-9-19(20)26/h4-9,12,16H,2-3,10-11,13-14H2,1H3,(H,27,29)/t16-/m0/s1. The number of esters is 2. The Morgan fingerprint density at radius 1 is 1.09 bits per heavy atom. The Hall–Kier alpha value is -3.10. The summed E-state index contributed by atoms with van der Waals surface area (Å²) in [6.45, 7) is 1.93. The number of carbonyl (C=O) groups excluding carboxylic acids is 4. The molecule has 0 radical (unpaired) electrons. The predicted octanol–water partition coefficient (Wildman–Crippen LogP) is 4.49. The minimum absolute atomic E-state index is 0.0564. The molecule has 0 aliphatic carbocycles. The Labute approximate surface area is 207 Å². The second-order valence-electron chi connectivity index (χ2n) is 7.72. The molecule has 0 saturated carbocycles. The van der Waals surface area contributed by atoms with Gasteiger partial charge in [0.05, 0.1) is 28.8 Å². The number of rotatable bonds is 9. The molecule has 2 aromatic rings. The van der Waals surface area contributed by atoms with Crippen molar-refractivity contribution < 1.29 is 28.7 Å². The monoisotopic (exact) mass is 506 g/mol. The van der Waals surface area contributed by atoms with Crippen molar-refractivity contribution in [3.05, 3.63) is 58.1 Å². The largest absolute Gasteiger partial charge is 0.462 e. The maximum Gasteiger partial charge on any atom is 0.338 e. The second-order valence-corrected chi connectivity index (χ2v) is 8.57. The topological polar surface area (TPSA) is 102 Å². The van der Waals surface area contributed by atoms with Crippen LogP contribution in [-0.4, -0.2) is 43.5 Å². The van der Waals surface area contributed by atoms with Gasteiger partial charge in [0, 0.05) is 23.7 Å². The maximum atomic E-state index is 12.4. The van der Waals surface area contributed by atoms with Gasteiger partial charge in [-0.15, -0.1) is 0 Å². The SMILES string of the molecule is CCCCOC(=O)c1ccc(NC(=O)COC(=O)[C@H]2CC(=O)N(c3cc(Cl)ccc3Cl)C2)cc1. The zero-order valence-corrected chi connectivity index (χ0v) is 20.0. The Balaban J connectivity index is 1.48. The third kappa shape index (κ3) is 6.71. The van der Waals surface area contributed by atoms with Crippen molar-refractivity contribution >= 4 is 58.3 Å². The third-order valence-corrected chi connectivity index (χ3v) is 5.69. The number of amides is 2. The number of ether oxygens (including phenoxy) is 2. The molecule has 180 valence electrons. The minimum Gasteiger partial charge on any atom is -0.462 e. The molecule has 1 N–H and O–H groups in total. The summed E-state index contributed by atoms with van der Waals surface area (Å²) in [5, 5.41) is 3.34. The molecule has 1 heterocycles. The molecule has 0 spiro atoms. The van der Waals surface area contributed by atoms with Crippen LogP contribution in [0.4, 0.5) is 11.4 Å². The number of hydrogen-bond acceptors (Lipinski definition) is 6. The lowest BCUT2D eigenvalue weighted by atomic mass is 10.1. The average molecular weight is 507 g/mol. The molecule has 34 heavy (non-hydrogen) atoms. The van der Waals surface area contributed by atoms with E-state index in [4.69, 9.17) is 32.7 Å². The molecule has 1 atom stereocenters. The number of carbonyl (C=O) groups is 4. The van der Waals surface area contributed by atoms with Crippen molar-refractivity contribution in [2.24, 2.45) is 5.92 Å². The molecular formula is C24H24Cl2N2O6. The van der Waals surface area contributed by atoms with E-state index >= 15 is 0 Å². The number of halogens is 2. The molecule has 1 saturated heterocycles. The van der Waals surface area contributed by atoms with Crippen LogP contribution in [0.1, 0.15) is 36.5 Å². The van der Waals surface area contributed by atoms with Crippen LogP contribution in [0, 0.1) is 5.92 Å². The highest BCUT2D eigenvalue weighted by molar-refractivity contribution is 6.35. The van der Waals surface area contributed by atoms with Crippen molar-refractivity contribution in [1.82, 2.24) is 0 Å². The first-order valence-electron chi connectivity index (χ1n) is 10.8. The number of hydrogen-bond donors (Lipinski definition) is 1. The number of nitrogens with one attached hydrogen (secondary N) is 1. The zero-order valence-electron chi connectivity index (χ0n) is 18.5. The number of anilines is 2. The van der Waals surface area contributed by atoms with Crippen LogP contribution < -0.4 is 10.2 Å². The van der Waals surface area contributed by atoms with E-state index in [0.717, 1.165) is 12.8 Å². The van der Waals surface area contributed by atoms with E-state index < -0.39 is 30.4 Å². The molecule has 0 bridgehead atoms. The maximum absolute atomic E-state index is 12.4. The fraction of sp³-hybridized carbons (Fsp3) is 0.333. The molecule has 3 rings (SSSR count). The van der Waals surface area contributed by atoms with Crippen LogP contribution >= 0.6 is 23.2 Å². The summed E-state index contributed by atoms with van der Waals surface area (Å²) < 4.78 is 10.2. The van der Waals surface area contributed by atoms with Crippen molar-refractivity contribution in [2.75, 3.05) is 30.0 Å². The molecule has 1 aliphatic heterocycles. The van der Waals surface area contributed by atoms with Crippen molar-refractivity contribution in [3.8, 4) is 0 Å². The normalized spacial score (nSPS) is 15.2. The Kier molecular flexibility index (Phi) is 8.90. The smallest absolute Gasteiger partial charge is 0.338 e. The lowest BCUT2D eigenvalue weighted by Gasteiger charge is -2.18. The van der Waals surface area contributed by atoms with Crippen LogP contribution in [0.15, 0.2) is 42.5 Å². The van der Waals surface area contributed by atoms with Gasteiger partial charge in [-0.05, 0) is 48.9 Å². The van der Waals surface area contributed by atoms with Gasteiger partial charge in [0.1, 0.15) is 0 Å². The third-order valence-electron chi connectivity index (χ3n) is 5.14. The highest BCUT2D eigenvalue weighted by Gasteiger charge is 2.37. The van der Waals surface area contributed by atoms with Gasteiger partial charge in [0.15, 0.2) is 6.61 Å². The number of unbranched alkanes of at least 4 members (excludes halogenated alkanes) is 1. The van der Waals surface area contributed by atoms with E-state index in [1.54, 1.807) is 30.3 Å². The van der Waals surface area contributed by atoms with E-state index in [1.807, 2.05) is 6.92 Å². The fourth-order valence-corrected chi connectivity index (χ4v) is 3.71. The van der Waals surface area contributed by atoms with E-state index in [1.165, 1.54) is 17.0 Å². The van der Waals surface area contributed by atoms with Crippen molar-refractivity contribution in [2.45, 2.75) is 26.2 Å². The molecule has 1 aliphatic rings. The zero-order chi connectivity index (χ0) is 24.7. The van der Waals surface area contributed by atoms with E-state index in [-0.39, 0.29) is 18.9 Å². The van der Waals surface area contributed by atoms with Gasteiger partial charge in [0.25, 0.3) is 5.91 Å². The van der Waals surface area contributed by atoms with Crippen LogP contribution in [0.2, 0.25) is 10.0 Å². The second kappa shape index (κ2) is 11.9. The van der Waals surface area contributed by atoms with Gasteiger partial charge >= 0.3 is 11.9 Å². The summed E-state index contributed by atoms with van der Waals surface area (Å²) in [7, 11) is 0. The summed E-state index contributed by atoms with van der Waals surface area (Å²) in [6, 6.07) is 10.9. The predicted molar refractivity (Wildman–Crippen MR) is 128 cm³/mol. The van der Waals surface area contributed by atoms with Crippen LogP contribution in [0.5, 0.6) is 0 Å². The summed E-state index contributed by atoms with van der Waals surface area (Å²) in [4.78, 5) is 50.3. The first-order chi connectivity index (χ1) is 16.3. The molecule has 8 nitrogen and oxygen atoms in total. The first-order valence-corrected chi connectivity index (χ1v) is 11.5. The summed E-state index contributed by atoms with van der Waals surface area (Å²) >= 11 is 12.1. The van der Waals surface area contributed by atoms with Gasteiger partial charge in [-0.25, -0.2) is 4.79 Å². The van der Waals surface area contributed by atoms with Crippen LogP contribution in [0.25, 0.3) is 0 Å². The van der Waals surface area contributed by atoms with E-state index in [0.29, 0.717) is 33.6 Å². The Morgan fingerprint density at radius 2 is 1.82 bits per heavy atom. The summed E-state index contributed by atoms with van der Waals surface area (Å²) in [5.41, 5.74) is 1.23. The van der Waals surface area contributed by atoms with Gasteiger partial charge in [0.2, 0.25) is 5.91 Å². The number of benzene rings is 2. The fourth-order valence-electron chi connectivity index (χ4n) is 3.32. The van der Waals surface area contributed by atoms with E-state index in [2.05, 4.69) is 5.32 Å². The van der Waals surface area contributed by atoms with Crippen molar-refractivity contribution in [1.29, 1.82) is 0 Å². The van der Waals surface area contributed by atoms with Crippen LogP contribution in [-0.2, 0) is 23.9 Å². The molecule has 0 unspecified atom stereocenters. The quantitative estimate of drug-likeness (QED) is 0.397. The molecule has 0 aromatic heterocycles. The lowest BCUT2D eigenvalue weighted by Crippen LogP contribution is -2.28. The Bertz CT molecular complexity index is 1070. The molecular weight excluding hydrogens is 483 g/mol. The highest BCUT2D eigenvalue weighted by Crippen LogP contribution is 2.33. The minimum atomic E-state index is -0.728. The van der Waals surface area contributed by atoms with Crippen molar-refractivity contribution in [3.63, 3.8) is 0 Å². The lowest BCUT2D eigenvalue weighted by molar-refractivity contribution is -0.151. The van der Waals surface area contributed by atoms with Gasteiger partial charge < -0.3 is 19.7 Å². The van der Waals surface area contributed by atoms with Gasteiger partial charge in [-0.2, -0.15) is 0 Å². The average Bonchev–Trinajstić information content (AvgIpc) is 3.21. The van der Waals surface area contributed by atoms with Gasteiger partial charge in [-0.3, -0.25) is 14.4 Å². The summed E-state index contributed by atoms with van der Waals surface area (Å²) in [6.07, 6.45) is 1.66. The molecule has 1 fully saturated rings. The van der Waals surface area contributed by atoms with Gasteiger partial charge in [-0.1, -0.05) is 36.5 Å². The highest BCUT2D eigenvalue weighted by atomic mass is 35.5. The van der Waals surface area contributed by atoms with Crippen LogP contribution in [0.3, 0.4) is 0 Å². The molecule has 10 heteroatoms. The molecule has 2 amide bonds. The van der Waals surface area contributed by atoms with E-state index in [9.17, 15) is 19.2 Å².